The fraction of sp³-hybridized carbons (Fsp3) is 0.125. The normalized spacial score (nSPS) is 11.2. The Kier molecular flexibility index (Phi) is 7.69. The smallest absolute Gasteiger partial charge is 0.250 e. The summed E-state index contributed by atoms with van der Waals surface area (Å²) in [5, 5.41) is 5.52. The van der Waals surface area contributed by atoms with Crippen LogP contribution in [0.25, 0.3) is 11.0 Å². The summed E-state index contributed by atoms with van der Waals surface area (Å²) in [7, 11) is 1.61. The zero-order valence-electron chi connectivity index (χ0n) is 17.7. The molecular weight excluding hydrogens is 524 g/mol. The number of nitrogens with one attached hydrogen (secondary N) is 1. The molecule has 4 rings (SSSR count). The second-order valence-corrected chi connectivity index (χ2v) is 9.30. The molecular formula is C24H20BrClN4O2S. The van der Waals surface area contributed by atoms with Gasteiger partial charge in [0.05, 0.1) is 41.1 Å². The van der Waals surface area contributed by atoms with Crippen molar-refractivity contribution >= 4 is 62.4 Å². The number of thioether (sulfide) groups is 1. The summed E-state index contributed by atoms with van der Waals surface area (Å²) in [4.78, 5) is 17.1. The van der Waals surface area contributed by atoms with Gasteiger partial charge in [-0.25, -0.2) is 10.4 Å². The predicted molar refractivity (Wildman–Crippen MR) is 137 cm³/mol. The van der Waals surface area contributed by atoms with E-state index in [1.165, 1.54) is 11.8 Å². The first-order chi connectivity index (χ1) is 16.0. The van der Waals surface area contributed by atoms with E-state index in [2.05, 4.69) is 31.0 Å². The first kappa shape index (κ1) is 23.4. The van der Waals surface area contributed by atoms with E-state index in [1.807, 2.05) is 66.7 Å². The van der Waals surface area contributed by atoms with Gasteiger partial charge in [-0.1, -0.05) is 47.6 Å². The standard InChI is InChI=1S/C24H20BrClN4O2S/c1-32-22-11-8-17(12-19(22)25)13-27-29-23(31)15-33-24-28-20-4-2-3-5-21(20)30(24)14-16-6-9-18(26)10-7-16/h2-13H,14-15H2,1H3,(H,29,31)/b27-13+. The summed E-state index contributed by atoms with van der Waals surface area (Å²) < 4.78 is 8.13. The van der Waals surface area contributed by atoms with Crippen molar-refractivity contribution in [3.63, 3.8) is 0 Å². The molecule has 0 aliphatic carbocycles. The van der Waals surface area contributed by atoms with Gasteiger partial charge in [0, 0.05) is 5.02 Å². The van der Waals surface area contributed by atoms with Crippen LogP contribution < -0.4 is 10.2 Å². The highest BCUT2D eigenvalue weighted by Crippen LogP contribution is 2.26. The van der Waals surface area contributed by atoms with Gasteiger partial charge < -0.3 is 9.30 Å². The van der Waals surface area contributed by atoms with Gasteiger partial charge in [0.15, 0.2) is 5.16 Å². The molecule has 0 saturated heterocycles. The van der Waals surface area contributed by atoms with E-state index < -0.39 is 0 Å². The molecule has 1 amide bonds. The van der Waals surface area contributed by atoms with E-state index in [4.69, 9.17) is 21.3 Å². The molecule has 0 atom stereocenters. The average Bonchev–Trinajstić information content (AvgIpc) is 3.16. The van der Waals surface area contributed by atoms with Gasteiger partial charge in [0.1, 0.15) is 5.75 Å². The lowest BCUT2D eigenvalue weighted by Gasteiger charge is -2.09. The number of ether oxygens (including phenoxy) is 1. The predicted octanol–water partition coefficient (Wildman–Crippen LogP) is 5.75. The van der Waals surface area contributed by atoms with Crippen LogP contribution in [0.5, 0.6) is 5.75 Å². The Bertz CT molecular complexity index is 1310. The van der Waals surface area contributed by atoms with Crippen LogP contribution in [0.3, 0.4) is 0 Å². The first-order valence-corrected chi connectivity index (χ1v) is 12.2. The molecule has 3 aromatic carbocycles. The lowest BCUT2D eigenvalue weighted by molar-refractivity contribution is -0.118. The molecule has 33 heavy (non-hydrogen) atoms. The molecule has 0 radical (unpaired) electrons. The maximum absolute atomic E-state index is 12.4. The number of nitrogens with zero attached hydrogens (tertiary/aromatic N) is 3. The van der Waals surface area contributed by atoms with Gasteiger partial charge in [0.2, 0.25) is 0 Å². The third kappa shape index (κ3) is 5.96. The minimum absolute atomic E-state index is 0.188. The summed E-state index contributed by atoms with van der Waals surface area (Å²) in [6.45, 7) is 0.631. The number of imidazole rings is 1. The fourth-order valence-electron chi connectivity index (χ4n) is 3.19. The molecule has 1 N–H and O–H groups in total. The van der Waals surface area contributed by atoms with Crippen molar-refractivity contribution in [2.45, 2.75) is 11.7 Å². The molecule has 0 saturated carbocycles. The van der Waals surface area contributed by atoms with Crippen LogP contribution in [0.2, 0.25) is 5.02 Å². The lowest BCUT2D eigenvalue weighted by Crippen LogP contribution is -2.20. The van der Waals surface area contributed by atoms with Crippen LogP contribution >= 0.6 is 39.3 Å². The Balaban J connectivity index is 1.42. The van der Waals surface area contributed by atoms with Crippen molar-refractivity contribution in [2.24, 2.45) is 5.10 Å². The van der Waals surface area contributed by atoms with Crippen LogP contribution in [0.4, 0.5) is 0 Å². The monoisotopic (exact) mass is 542 g/mol. The number of rotatable bonds is 8. The number of carbonyl (C=O) groups is 1. The number of benzene rings is 3. The van der Waals surface area contributed by atoms with E-state index in [-0.39, 0.29) is 11.7 Å². The third-order valence-corrected chi connectivity index (χ3v) is 6.63. The Labute approximate surface area is 209 Å². The number of methoxy groups -OCH3 is 1. The van der Waals surface area contributed by atoms with Crippen LogP contribution in [0, 0.1) is 0 Å². The molecule has 0 aliphatic heterocycles. The maximum Gasteiger partial charge on any atom is 0.250 e. The number of para-hydroxylation sites is 2. The first-order valence-electron chi connectivity index (χ1n) is 10.0. The Morgan fingerprint density at radius 3 is 2.76 bits per heavy atom. The second-order valence-electron chi connectivity index (χ2n) is 7.07. The topological polar surface area (TPSA) is 68.5 Å². The molecule has 9 heteroatoms. The van der Waals surface area contributed by atoms with Crippen molar-refractivity contribution in [1.29, 1.82) is 0 Å². The van der Waals surface area contributed by atoms with Crippen LogP contribution in [-0.4, -0.2) is 34.5 Å². The zero-order chi connectivity index (χ0) is 23.2. The van der Waals surface area contributed by atoms with Crippen LogP contribution in [0.1, 0.15) is 11.1 Å². The van der Waals surface area contributed by atoms with Gasteiger partial charge in [0.25, 0.3) is 5.91 Å². The SMILES string of the molecule is COc1ccc(/C=N/NC(=O)CSc2nc3ccccc3n2Cc2ccc(Cl)cc2)cc1Br. The van der Waals surface area contributed by atoms with E-state index in [0.29, 0.717) is 11.6 Å². The Morgan fingerprint density at radius 1 is 1.21 bits per heavy atom. The highest BCUT2D eigenvalue weighted by atomic mass is 79.9. The summed E-state index contributed by atoms with van der Waals surface area (Å²) >= 11 is 10.8. The summed E-state index contributed by atoms with van der Waals surface area (Å²) in [6, 6.07) is 21.2. The number of carbonyl (C=O) groups excluding carboxylic acids is 1. The molecule has 4 aromatic rings. The third-order valence-electron chi connectivity index (χ3n) is 4.78. The van der Waals surface area contributed by atoms with E-state index >= 15 is 0 Å². The van der Waals surface area contributed by atoms with Gasteiger partial charge in [-0.15, -0.1) is 0 Å². The molecule has 0 aliphatic rings. The van der Waals surface area contributed by atoms with Crippen molar-refractivity contribution in [3.05, 3.63) is 87.4 Å². The Hall–Kier alpha value is -2.81. The number of hydrogen-bond acceptors (Lipinski definition) is 5. The van der Waals surface area contributed by atoms with Crippen LogP contribution in [0.15, 0.2) is 81.5 Å². The molecule has 0 fully saturated rings. The maximum atomic E-state index is 12.4. The minimum atomic E-state index is -0.214. The highest BCUT2D eigenvalue weighted by molar-refractivity contribution is 9.10. The number of hydrazone groups is 1. The number of halogens is 2. The average molecular weight is 544 g/mol. The van der Waals surface area contributed by atoms with Gasteiger partial charge in [-0.3, -0.25) is 4.79 Å². The summed E-state index contributed by atoms with van der Waals surface area (Å²) in [6.07, 6.45) is 1.59. The molecule has 1 heterocycles. The molecule has 168 valence electrons. The van der Waals surface area contributed by atoms with Crippen LogP contribution in [-0.2, 0) is 11.3 Å². The van der Waals surface area contributed by atoms with Gasteiger partial charge in [-0.05, 0) is 69.5 Å². The number of aromatic nitrogens is 2. The van der Waals surface area contributed by atoms with Crippen molar-refractivity contribution in [2.75, 3.05) is 12.9 Å². The zero-order valence-corrected chi connectivity index (χ0v) is 20.8. The highest BCUT2D eigenvalue weighted by Gasteiger charge is 2.13. The van der Waals surface area contributed by atoms with Crippen molar-refractivity contribution in [3.8, 4) is 5.75 Å². The largest absolute Gasteiger partial charge is 0.496 e. The molecule has 0 unspecified atom stereocenters. The van der Waals surface area contributed by atoms with Gasteiger partial charge >= 0.3 is 0 Å². The number of hydrogen-bond donors (Lipinski definition) is 1. The summed E-state index contributed by atoms with van der Waals surface area (Å²) in [5.74, 6) is 0.705. The molecule has 0 bridgehead atoms. The molecule has 0 spiro atoms. The number of amides is 1. The summed E-state index contributed by atoms with van der Waals surface area (Å²) in [5.41, 5.74) is 6.40. The van der Waals surface area contributed by atoms with Gasteiger partial charge in [-0.2, -0.15) is 5.10 Å². The second kappa shape index (κ2) is 10.9. The van der Waals surface area contributed by atoms with E-state index in [1.54, 1.807) is 13.3 Å². The van der Waals surface area contributed by atoms with E-state index in [0.717, 1.165) is 37.5 Å². The quantitative estimate of drug-likeness (QED) is 0.175. The molecule has 1 aromatic heterocycles. The number of fused-ring (bicyclic) bond motifs is 1. The van der Waals surface area contributed by atoms with Crippen molar-refractivity contribution in [1.82, 2.24) is 15.0 Å². The van der Waals surface area contributed by atoms with Crippen molar-refractivity contribution < 1.29 is 9.53 Å². The minimum Gasteiger partial charge on any atom is -0.496 e. The Morgan fingerprint density at radius 2 is 2.00 bits per heavy atom. The fourth-order valence-corrected chi connectivity index (χ4v) is 4.68. The lowest BCUT2D eigenvalue weighted by atomic mass is 10.2. The molecule has 6 nitrogen and oxygen atoms in total. The van der Waals surface area contributed by atoms with E-state index in [9.17, 15) is 4.79 Å².